The fraction of sp³-hybridized carbons (Fsp3) is 0.435. The summed E-state index contributed by atoms with van der Waals surface area (Å²) in [4.78, 5) is 18.5. The van der Waals surface area contributed by atoms with Crippen LogP contribution in [0.1, 0.15) is 38.6 Å². The van der Waals surface area contributed by atoms with Gasteiger partial charge in [-0.3, -0.25) is 4.98 Å². The molecular formula is C23H28BN9. The number of rotatable bonds is 4. The summed E-state index contributed by atoms with van der Waals surface area (Å²) in [6, 6.07) is 6.99. The molecule has 1 N–H and O–H groups in total. The molecule has 33 heavy (non-hydrogen) atoms. The first-order valence-electron chi connectivity index (χ1n) is 11.8. The summed E-state index contributed by atoms with van der Waals surface area (Å²) >= 11 is 0. The monoisotopic (exact) mass is 441 g/mol. The molecule has 0 bridgehead atoms. The molecule has 2 fully saturated rings. The van der Waals surface area contributed by atoms with Crippen molar-refractivity contribution in [3.63, 3.8) is 0 Å². The third-order valence-electron chi connectivity index (χ3n) is 7.21. The van der Waals surface area contributed by atoms with E-state index in [0.29, 0.717) is 23.8 Å². The number of aromatic nitrogens is 6. The van der Waals surface area contributed by atoms with Crippen LogP contribution >= 0.6 is 0 Å². The zero-order valence-corrected chi connectivity index (χ0v) is 19.1. The predicted molar refractivity (Wildman–Crippen MR) is 133 cm³/mol. The minimum Gasteiger partial charge on any atom is -0.352 e. The maximum atomic E-state index is 4.91. The van der Waals surface area contributed by atoms with E-state index in [9.17, 15) is 0 Å². The Bertz CT molecular complexity index is 1280. The molecule has 0 spiro atoms. The Morgan fingerprint density at radius 1 is 1.03 bits per heavy atom. The van der Waals surface area contributed by atoms with E-state index in [-0.39, 0.29) is 0 Å². The second-order valence-corrected chi connectivity index (χ2v) is 9.31. The van der Waals surface area contributed by atoms with Crippen molar-refractivity contribution < 1.29 is 0 Å². The third kappa shape index (κ3) is 3.68. The molecule has 1 saturated carbocycles. The maximum Gasteiger partial charge on any atom is 0.230 e. The molecule has 10 heteroatoms. The highest BCUT2D eigenvalue weighted by atomic mass is 15.3. The van der Waals surface area contributed by atoms with Crippen molar-refractivity contribution in [2.45, 2.75) is 44.7 Å². The standard InChI is InChI=1S/C23H28BN9/c1-15-14-31(10-11-32(15)24)21-7-6-20(29-30-21)27-23-26-12-18-17-8-9-25-13-19(17)33(22(18)28-23)16-4-2-3-5-16/h6-9,12-13,15-16H,2-5,10-11,14,24H2,1H3,(H,26,27,28,29). The van der Waals surface area contributed by atoms with Gasteiger partial charge in [-0.05, 0) is 38.0 Å². The van der Waals surface area contributed by atoms with Crippen molar-refractivity contribution in [3.8, 4) is 0 Å². The van der Waals surface area contributed by atoms with Gasteiger partial charge in [0.25, 0.3) is 0 Å². The summed E-state index contributed by atoms with van der Waals surface area (Å²) in [5.74, 6) is 2.09. The van der Waals surface area contributed by atoms with Gasteiger partial charge in [0.05, 0.1) is 11.7 Å². The Morgan fingerprint density at radius 3 is 2.70 bits per heavy atom. The quantitative estimate of drug-likeness (QED) is 0.484. The number of hydrogen-bond acceptors (Lipinski definition) is 8. The van der Waals surface area contributed by atoms with Gasteiger partial charge in [0.2, 0.25) is 5.95 Å². The summed E-state index contributed by atoms with van der Waals surface area (Å²) in [6.45, 7) is 5.19. The van der Waals surface area contributed by atoms with Gasteiger partial charge < -0.3 is 19.6 Å². The summed E-state index contributed by atoms with van der Waals surface area (Å²) in [6.07, 6.45) is 10.6. The molecule has 4 aromatic heterocycles. The van der Waals surface area contributed by atoms with E-state index in [1.165, 1.54) is 25.7 Å². The van der Waals surface area contributed by atoms with Crippen LogP contribution in [0.4, 0.5) is 17.6 Å². The maximum absolute atomic E-state index is 4.91. The van der Waals surface area contributed by atoms with Crippen LogP contribution in [0.2, 0.25) is 0 Å². The summed E-state index contributed by atoms with van der Waals surface area (Å²) in [5, 5.41) is 14.3. The Kier molecular flexibility index (Phi) is 5.09. The van der Waals surface area contributed by atoms with Crippen LogP contribution in [0.5, 0.6) is 0 Å². The highest BCUT2D eigenvalue weighted by Gasteiger charge is 2.24. The number of hydrogen-bond donors (Lipinski definition) is 1. The minimum absolute atomic E-state index is 0.460. The molecule has 0 radical (unpaired) electrons. The molecule has 1 aliphatic carbocycles. The lowest BCUT2D eigenvalue weighted by Gasteiger charge is -2.38. The molecule has 6 rings (SSSR count). The average Bonchev–Trinajstić information content (AvgIpc) is 3.47. The second-order valence-electron chi connectivity index (χ2n) is 9.31. The van der Waals surface area contributed by atoms with E-state index in [1.54, 1.807) is 0 Å². The Labute approximate surface area is 193 Å². The van der Waals surface area contributed by atoms with Gasteiger partial charge in [-0.2, -0.15) is 4.98 Å². The second kappa shape index (κ2) is 8.26. The Balaban J connectivity index is 1.29. The number of pyridine rings is 1. The number of anilines is 3. The smallest absolute Gasteiger partial charge is 0.230 e. The van der Waals surface area contributed by atoms with Crippen molar-refractivity contribution in [1.82, 2.24) is 34.5 Å². The van der Waals surface area contributed by atoms with Gasteiger partial charge in [0.1, 0.15) is 5.65 Å². The fourth-order valence-corrected chi connectivity index (χ4v) is 5.19. The lowest BCUT2D eigenvalue weighted by atomic mass is 10.1. The van der Waals surface area contributed by atoms with Crippen molar-refractivity contribution >= 4 is 47.5 Å². The predicted octanol–water partition coefficient (Wildman–Crippen LogP) is 2.69. The minimum atomic E-state index is 0.460. The van der Waals surface area contributed by atoms with Gasteiger partial charge in [0, 0.05) is 54.9 Å². The highest BCUT2D eigenvalue weighted by molar-refractivity contribution is 6.06. The van der Waals surface area contributed by atoms with Crippen LogP contribution < -0.4 is 10.2 Å². The fourth-order valence-electron chi connectivity index (χ4n) is 5.19. The van der Waals surface area contributed by atoms with Crippen molar-refractivity contribution in [1.29, 1.82) is 0 Å². The molecule has 0 aromatic carbocycles. The van der Waals surface area contributed by atoms with E-state index in [4.69, 9.17) is 4.98 Å². The first-order valence-corrected chi connectivity index (χ1v) is 11.8. The summed E-state index contributed by atoms with van der Waals surface area (Å²) in [7, 11) is 2.17. The lowest BCUT2D eigenvalue weighted by Crippen LogP contribution is -2.51. The molecule has 168 valence electrons. The molecule has 1 atom stereocenters. The van der Waals surface area contributed by atoms with Crippen LogP contribution in [0, 0.1) is 0 Å². The van der Waals surface area contributed by atoms with E-state index in [0.717, 1.165) is 47.4 Å². The molecule has 0 amide bonds. The van der Waals surface area contributed by atoms with Crippen molar-refractivity contribution in [2.24, 2.45) is 0 Å². The first kappa shape index (κ1) is 20.3. The number of nitrogens with one attached hydrogen (secondary N) is 1. The summed E-state index contributed by atoms with van der Waals surface area (Å²) in [5.41, 5.74) is 2.09. The summed E-state index contributed by atoms with van der Waals surface area (Å²) < 4.78 is 2.36. The first-order chi connectivity index (χ1) is 16.2. The third-order valence-corrected chi connectivity index (χ3v) is 7.21. The molecule has 1 unspecified atom stereocenters. The van der Waals surface area contributed by atoms with Gasteiger partial charge in [-0.15, -0.1) is 10.2 Å². The number of piperazine rings is 1. The zero-order valence-electron chi connectivity index (χ0n) is 19.1. The number of fused-ring (bicyclic) bond motifs is 3. The van der Waals surface area contributed by atoms with Gasteiger partial charge in [0.15, 0.2) is 19.6 Å². The van der Waals surface area contributed by atoms with E-state index < -0.39 is 0 Å². The lowest BCUT2D eigenvalue weighted by molar-refractivity contribution is 0.322. The molecule has 9 nitrogen and oxygen atoms in total. The largest absolute Gasteiger partial charge is 0.352 e. The number of nitrogens with zero attached hydrogens (tertiary/aromatic N) is 8. The zero-order chi connectivity index (χ0) is 22.4. The van der Waals surface area contributed by atoms with E-state index in [2.05, 4.69) is 60.7 Å². The van der Waals surface area contributed by atoms with Crippen LogP contribution in [0.25, 0.3) is 21.9 Å². The Hall–Kier alpha value is -3.27. The molecule has 1 aliphatic heterocycles. The normalized spacial score (nSPS) is 20.2. The van der Waals surface area contributed by atoms with Crippen LogP contribution in [-0.4, -0.2) is 68.2 Å². The average molecular weight is 441 g/mol. The van der Waals surface area contributed by atoms with E-state index in [1.807, 2.05) is 30.7 Å². The molecule has 4 aromatic rings. The van der Waals surface area contributed by atoms with Crippen molar-refractivity contribution in [3.05, 3.63) is 36.8 Å². The highest BCUT2D eigenvalue weighted by Crippen LogP contribution is 2.37. The SMILES string of the molecule is BN1CCN(c2ccc(Nc3ncc4c5ccncc5n(C5CCCC5)c4n3)nn2)CC1C. The van der Waals surface area contributed by atoms with Gasteiger partial charge in [-0.1, -0.05) is 12.8 Å². The Morgan fingerprint density at radius 2 is 1.91 bits per heavy atom. The van der Waals surface area contributed by atoms with Crippen LogP contribution in [-0.2, 0) is 0 Å². The molecule has 2 aliphatic rings. The van der Waals surface area contributed by atoms with Gasteiger partial charge in [-0.25, -0.2) is 4.98 Å². The van der Waals surface area contributed by atoms with E-state index >= 15 is 0 Å². The van der Waals surface area contributed by atoms with Crippen LogP contribution in [0.3, 0.4) is 0 Å². The molecule has 1 saturated heterocycles. The van der Waals surface area contributed by atoms with Crippen LogP contribution in [0.15, 0.2) is 36.8 Å². The topological polar surface area (TPSA) is 87.9 Å². The van der Waals surface area contributed by atoms with Gasteiger partial charge >= 0.3 is 0 Å². The van der Waals surface area contributed by atoms with Crippen molar-refractivity contribution in [2.75, 3.05) is 29.9 Å². The molecular weight excluding hydrogens is 413 g/mol. The molecule has 5 heterocycles.